The summed E-state index contributed by atoms with van der Waals surface area (Å²) in [6.07, 6.45) is 6.93. The fraction of sp³-hybridized carbons (Fsp3) is 0.458. The third-order valence-corrected chi connectivity index (χ3v) is 5.20. The summed E-state index contributed by atoms with van der Waals surface area (Å²) < 4.78 is 0. The van der Waals surface area contributed by atoms with Crippen molar-refractivity contribution in [3.05, 3.63) is 65.2 Å². The fourth-order valence-electron chi connectivity index (χ4n) is 3.30. The largest absolute Gasteiger partial charge is 0.508 e. The molecule has 146 valence electrons. The van der Waals surface area contributed by atoms with E-state index in [9.17, 15) is 9.90 Å². The SMILES string of the molecule is CCCCCCC(C)(C)c1cccc(C(=O)NCCc2ccc(O)cc2)c1. The number of hydrogen-bond acceptors (Lipinski definition) is 2. The van der Waals surface area contributed by atoms with Crippen molar-refractivity contribution in [1.82, 2.24) is 5.32 Å². The second-order valence-electron chi connectivity index (χ2n) is 7.95. The maximum absolute atomic E-state index is 12.5. The number of rotatable bonds is 10. The van der Waals surface area contributed by atoms with Gasteiger partial charge >= 0.3 is 0 Å². The topological polar surface area (TPSA) is 49.3 Å². The lowest BCUT2D eigenvalue weighted by Gasteiger charge is -2.26. The van der Waals surface area contributed by atoms with E-state index < -0.39 is 0 Å². The van der Waals surface area contributed by atoms with Gasteiger partial charge in [0.2, 0.25) is 0 Å². The van der Waals surface area contributed by atoms with Gasteiger partial charge in [0.25, 0.3) is 5.91 Å². The number of phenols is 1. The highest BCUT2D eigenvalue weighted by Crippen LogP contribution is 2.30. The number of carbonyl (C=O) groups is 1. The first-order valence-electron chi connectivity index (χ1n) is 10.1. The van der Waals surface area contributed by atoms with Crippen LogP contribution in [0.25, 0.3) is 0 Å². The van der Waals surface area contributed by atoms with Gasteiger partial charge in [-0.25, -0.2) is 0 Å². The smallest absolute Gasteiger partial charge is 0.251 e. The number of amides is 1. The van der Waals surface area contributed by atoms with Gasteiger partial charge in [0.15, 0.2) is 0 Å². The van der Waals surface area contributed by atoms with Crippen molar-refractivity contribution in [2.24, 2.45) is 0 Å². The van der Waals surface area contributed by atoms with E-state index in [0.29, 0.717) is 6.54 Å². The molecular weight excluding hydrogens is 334 g/mol. The van der Waals surface area contributed by atoms with Crippen LogP contribution < -0.4 is 5.32 Å². The zero-order chi connectivity index (χ0) is 19.7. The van der Waals surface area contributed by atoms with Crippen LogP contribution in [0.1, 0.15) is 74.4 Å². The Morgan fingerprint density at radius 1 is 1.04 bits per heavy atom. The van der Waals surface area contributed by atoms with Gasteiger partial charge in [-0.15, -0.1) is 0 Å². The van der Waals surface area contributed by atoms with Gasteiger partial charge in [-0.2, -0.15) is 0 Å². The molecule has 2 aromatic rings. The Morgan fingerprint density at radius 2 is 1.78 bits per heavy atom. The molecule has 2 N–H and O–H groups in total. The van der Waals surface area contributed by atoms with Crippen LogP contribution in [-0.4, -0.2) is 17.6 Å². The lowest BCUT2D eigenvalue weighted by Crippen LogP contribution is -2.26. The van der Waals surface area contributed by atoms with E-state index in [1.54, 1.807) is 12.1 Å². The number of nitrogens with one attached hydrogen (secondary N) is 1. The molecule has 0 aliphatic carbocycles. The van der Waals surface area contributed by atoms with E-state index >= 15 is 0 Å². The predicted molar refractivity (Wildman–Crippen MR) is 112 cm³/mol. The Kier molecular flexibility index (Phi) is 7.90. The highest BCUT2D eigenvalue weighted by Gasteiger charge is 2.21. The molecule has 3 nitrogen and oxygen atoms in total. The lowest BCUT2D eigenvalue weighted by atomic mass is 9.79. The summed E-state index contributed by atoms with van der Waals surface area (Å²) in [6, 6.07) is 15.1. The van der Waals surface area contributed by atoms with Crippen LogP contribution in [0.3, 0.4) is 0 Å². The van der Waals surface area contributed by atoms with Gasteiger partial charge in [-0.05, 0) is 53.6 Å². The summed E-state index contributed by atoms with van der Waals surface area (Å²) in [7, 11) is 0. The minimum absolute atomic E-state index is 0.0302. The summed E-state index contributed by atoms with van der Waals surface area (Å²) in [5.74, 6) is 0.231. The van der Waals surface area contributed by atoms with Crippen molar-refractivity contribution in [2.75, 3.05) is 6.54 Å². The third-order valence-electron chi connectivity index (χ3n) is 5.20. The standard InChI is InChI=1S/C24H33NO2/c1-4-5-6-7-16-24(2,3)21-10-8-9-20(18-21)23(27)25-17-15-19-11-13-22(26)14-12-19/h8-14,18,26H,4-7,15-17H2,1-3H3,(H,25,27). The third kappa shape index (κ3) is 6.74. The fourth-order valence-corrected chi connectivity index (χ4v) is 3.30. The summed E-state index contributed by atoms with van der Waals surface area (Å²) in [5.41, 5.74) is 3.12. The van der Waals surface area contributed by atoms with Crippen LogP contribution in [0.15, 0.2) is 48.5 Å². The highest BCUT2D eigenvalue weighted by molar-refractivity contribution is 5.94. The van der Waals surface area contributed by atoms with E-state index in [0.717, 1.165) is 24.0 Å². The predicted octanol–water partition coefficient (Wildman–Crippen LogP) is 5.61. The van der Waals surface area contributed by atoms with Crippen molar-refractivity contribution in [3.8, 4) is 5.75 Å². The van der Waals surface area contributed by atoms with Crippen LogP contribution in [0.2, 0.25) is 0 Å². The van der Waals surface area contributed by atoms with Crippen LogP contribution in [0.4, 0.5) is 0 Å². The average Bonchev–Trinajstić information content (AvgIpc) is 2.67. The van der Waals surface area contributed by atoms with Gasteiger partial charge in [-0.3, -0.25) is 4.79 Å². The Morgan fingerprint density at radius 3 is 2.48 bits per heavy atom. The first kappa shape index (κ1) is 21.0. The maximum Gasteiger partial charge on any atom is 0.251 e. The summed E-state index contributed by atoms with van der Waals surface area (Å²) in [6.45, 7) is 7.34. The van der Waals surface area contributed by atoms with Crippen molar-refractivity contribution in [1.29, 1.82) is 0 Å². The van der Waals surface area contributed by atoms with Crippen LogP contribution in [0, 0.1) is 0 Å². The Bertz CT molecular complexity index is 719. The maximum atomic E-state index is 12.5. The molecule has 1 amide bonds. The molecule has 0 aliphatic rings. The first-order chi connectivity index (χ1) is 12.9. The average molecular weight is 368 g/mol. The number of carbonyl (C=O) groups excluding carboxylic acids is 1. The van der Waals surface area contributed by atoms with Crippen molar-refractivity contribution in [3.63, 3.8) is 0 Å². The molecule has 0 heterocycles. The Balaban J connectivity index is 1.90. The molecule has 0 unspecified atom stereocenters. The zero-order valence-corrected chi connectivity index (χ0v) is 16.9. The van der Waals surface area contributed by atoms with Gasteiger partial charge in [0.05, 0.1) is 0 Å². The normalized spacial score (nSPS) is 11.4. The minimum Gasteiger partial charge on any atom is -0.508 e. The quantitative estimate of drug-likeness (QED) is 0.536. The van der Waals surface area contributed by atoms with Crippen LogP contribution in [0.5, 0.6) is 5.75 Å². The van der Waals surface area contributed by atoms with Gasteiger partial charge in [-0.1, -0.05) is 70.7 Å². The van der Waals surface area contributed by atoms with Gasteiger partial charge < -0.3 is 10.4 Å². The molecule has 0 spiro atoms. The lowest BCUT2D eigenvalue weighted by molar-refractivity contribution is 0.0954. The minimum atomic E-state index is -0.0302. The molecular formula is C24H33NO2. The van der Waals surface area contributed by atoms with E-state index in [4.69, 9.17) is 0 Å². The summed E-state index contributed by atoms with van der Waals surface area (Å²) in [4.78, 5) is 12.5. The van der Waals surface area contributed by atoms with Gasteiger partial charge in [0.1, 0.15) is 5.75 Å². The van der Waals surface area contributed by atoms with E-state index in [2.05, 4.69) is 32.2 Å². The zero-order valence-electron chi connectivity index (χ0n) is 16.9. The molecule has 0 bridgehead atoms. The molecule has 0 saturated heterocycles. The Labute approximate surface area is 163 Å². The Hall–Kier alpha value is -2.29. The van der Waals surface area contributed by atoms with Crippen molar-refractivity contribution in [2.45, 2.75) is 64.7 Å². The van der Waals surface area contributed by atoms with Crippen molar-refractivity contribution >= 4 is 5.91 Å². The molecule has 0 saturated carbocycles. The van der Waals surface area contributed by atoms with E-state index in [1.165, 1.54) is 31.2 Å². The molecule has 0 atom stereocenters. The molecule has 27 heavy (non-hydrogen) atoms. The number of benzene rings is 2. The number of aromatic hydroxyl groups is 1. The molecule has 0 aliphatic heterocycles. The summed E-state index contributed by atoms with van der Waals surface area (Å²) in [5, 5.41) is 12.3. The molecule has 2 rings (SSSR count). The second kappa shape index (κ2) is 10.1. The molecule has 2 aromatic carbocycles. The number of hydrogen-bond donors (Lipinski definition) is 2. The molecule has 0 radical (unpaired) electrons. The first-order valence-corrected chi connectivity index (χ1v) is 10.1. The molecule has 0 aromatic heterocycles. The van der Waals surface area contributed by atoms with Crippen LogP contribution >= 0.6 is 0 Å². The van der Waals surface area contributed by atoms with Crippen molar-refractivity contribution < 1.29 is 9.90 Å². The second-order valence-corrected chi connectivity index (χ2v) is 7.95. The monoisotopic (exact) mass is 367 g/mol. The molecule has 3 heteroatoms. The van der Waals surface area contributed by atoms with Gasteiger partial charge in [0, 0.05) is 12.1 Å². The van der Waals surface area contributed by atoms with E-state index in [1.807, 2.05) is 30.3 Å². The molecule has 0 fully saturated rings. The number of unbranched alkanes of at least 4 members (excludes halogenated alkanes) is 3. The highest BCUT2D eigenvalue weighted by atomic mass is 16.3. The van der Waals surface area contributed by atoms with Crippen LogP contribution in [-0.2, 0) is 11.8 Å². The van der Waals surface area contributed by atoms with E-state index in [-0.39, 0.29) is 17.1 Å². The summed E-state index contributed by atoms with van der Waals surface area (Å²) >= 11 is 0. The number of phenolic OH excluding ortho intramolecular Hbond substituents is 1.